The average molecular weight is 433 g/mol. The van der Waals surface area contributed by atoms with E-state index in [1.807, 2.05) is 41.9 Å². The fourth-order valence-corrected chi connectivity index (χ4v) is 4.77. The molecule has 2 aromatic heterocycles. The molecule has 3 aromatic rings. The number of amides is 1. The summed E-state index contributed by atoms with van der Waals surface area (Å²) >= 11 is 7.82. The molecule has 0 fully saturated rings. The highest BCUT2D eigenvalue weighted by Gasteiger charge is 2.19. The van der Waals surface area contributed by atoms with Gasteiger partial charge in [-0.1, -0.05) is 37.6 Å². The van der Waals surface area contributed by atoms with Gasteiger partial charge in [-0.25, -0.2) is 4.68 Å². The maximum absolute atomic E-state index is 12.8. The third-order valence-electron chi connectivity index (χ3n) is 5.23. The van der Waals surface area contributed by atoms with Crippen molar-refractivity contribution >= 4 is 39.1 Å². The highest BCUT2D eigenvalue weighted by atomic mass is 35.5. The molecule has 5 nitrogen and oxygen atoms in total. The number of rotatable bonds is 9. The van der Waals surface area contributed by atoms with Gasteiger partial charge in [0.1, 0.15) is 4.83 Å². The van der Waals surface area contributed by atoms with Gasteiger partial charge in [0.25, 0.3) is 5.91 Å². The zero-order chi connectivity index (χ0) is 21.0. The Morgan fingerprint density at radius 3 is 2.72 bits per heavy atom. The third kappa shape index (κ3) is 5.00. The zero-order valence-corrected chi connectivity index (χ0v) is 19.1. The van der Waals surface area contributed by atoms with E-state index in [1.54, 1.807) is 0 Å². The second-order valence-corrected chi connectivity index (χ2v) is 8.76. The smallest absolute Gasteiger partial charge is 0.261 e. The third-order valence-corrected chi connectivity index (χ3v) is 6.66. The van der Waals surface area contributed by atoms with E-state index in [4.69, 9.17) is 11.6 Å². The van der Waals surface area contributed by atoms with Crippen LogP contribution >= 0.6 is 22.9 Å². The van der Waals surface area contributed by atoms with Crippen molar-refractivity contribution in [3.05, 3.63) is 45.9 Å². The van der Waals surface area contributed by atoms with Gasteiger partial charge in [0.05, 0.1) is 21.3 Å². The largest absolute Gasteiger partial charge is 0.349 e. The van der Waals surface area contributed by atoms with Crippen LogP contribution in [0.1, 0.15) is 49.0 Å². The SMILES string of the molecule is CCN(CC)CCCC(C)NC(=O)c1cc2c(C)nn(-c3ccccc3Cl)c2s1. The average Bonchev–Trinajstić information content (AvgIpc) is 3.27. The number of hydrogen-bond donors (Lipinski definition) is 1. The van der Waals surface area contributed by atoms with Crippen molar-refractivity contribution in [1.82, 2.24) is 20.0 Å². The first-order valence-electron chi connectivity index (χ1n) is 10.2. The van der Waals surface area contributed by atoms with Crippen molar-refractivity contribution in [3.63, 3.8) is 0 Å². The molecule has 2 heterocycles. The van der Waals surface area contributed by atoms with Gasteiger partial charge in [-0.05, 0) is 64.5 Å². The van der Waals surface area contributed by atoms with Gasteiger partial charge in [0, 0.05) is 11.4 Å². The van der Waals surface area contributed by atoms with Crippen molar-refractivity contribution in [2.75, 3.05) is 19.6 Å². The topological polar surface area (TPSA) is 50.2 Å². The lowest BCUT2D eigenvalue weighted by Gasteiger charge is -2.19. The highest BCUT2D eigenvalue weighted by molar-refractivity contribution is 7.20. The molecule has 29 heavy (non-hydrogen) atoms. The maximum atomic E-state index is 12.8. The van der Waals surface area contributed by atoms with Crippen molar-refractivity contribution < 1.29 is 4.79 Å². The van der Waals surface area contributed by atoms with Crippen LogP contribution in [-0.4, -0.2) is 46.3 Å². The Morgan fingerprint density at radius 2 is 2.03 bits per heavy atom. The Balaban J connectivity index is 1.71. The molecule has 0 radical (unpaired) electrons. The summed E-state index contributed by atoms with van der Waals surface area (Å²) < 4.78 is 1.84. The lowest BCUT2D eigenvalue weighted by atomic mass is 10.1. The van der Waals surface area contributed by atoms with Crippen LogP contribution in [0.5, 0.6) is 0 Å². The van der Waals surface area contributed by atoms with Crippen molar-refractivity contribution in [2.45, 2.75) is 46.6 Å². The Morgan fingerprint density at radius 1 is 1.31 bits per heavy atom. The number of nitrogens with zero attached hydrogens (tertiary/aromatic N) is 3. The lowest BCUT2D eigenvalue weighted by Crippen LogP contribution is -2.33. The molecule has 1 atom stereocenters. The van der Waals surface area contributed by atoms with Crippen LogP contribution in [0.25, 0.3) is 15.9 Å². The number of halogens is 1. The summed E-state index contributed by atoms with van der Waals surface area (Å²) in [5.41, 5.74) is 1.72. The molecule has 0 saturated heterocycles. The molecule has 1 unspecified atom stereocenters. The van der Waals surface area contributed by atoms with E-state index in [-0.39, 0.29) is 11.9 Å². The van der Waals surface area contributed by atoms with Gasteiger partial charge in [0.15, 0.2) is 0 Å². The van der Waals surface area contributed by atoms with Crippen LogP contribution in [0.2, 0.25) is 5.02 Å². The van der Waals surface area contributed by atoms with E-state index in [0.717, 1.165) is 54.1 Å². The first-order valence-corrected chi connectivity index (χ1v) is 11.4. The van der Waals surface area contributed by atoms with Crippen LogP contribution < -0.4 is 5.32 Å². The van der Waals surface area contributed by atoms with E-state index in [1.165, 1.54) is 11.3 Å². The number of carbonyl (C=O) groups is 1. The standard InChI is InChI=1S/C22H29ClN4OS/c1-5-26(6-2)13-9-10-15(3)24-21(28)20-14-17-16(4)25-27(22(17)29-20)19-12-8-7-11-18(19)23/h7-8,11-12,14-15H,5-6,9-10,13H2,1-4H3,(H,24,28). The van der Waals surface area contributed by atoms with Crippen molar-refractivity contribution in [2.24, 2.45) is 0 Å². The summed E-state index contributed by atoms with van der Waals surface area (Å²) in [6, 6.07) is 9.70. The van der Waals surface area contributed by atoms with E-state index in [9.17, 15) is 4.79 Å². The number of benzene rings is 1. The van der Waals surface area contributed by atoms with E-state index in [0.29, 0.717) is 9.90 Å². The minimum Gasteiger partial charge on any atom is -0.349 e. The molecule has 1 amide bonds. The first-order chi connectivity index (χ1) is 13.9. The van der Waals surface area contributed by atoms with E-state index >= 15 is 0 Å². The molecule has 0 bridgehead atoms. The van der Waals surface area contributed by atoms with Crippen molar-refractivity contribution in [1.29, 1.82) is 0 Å². The Bertz CT molecular complexity index is 977. The summed E-state index contributed by atoms with van der Waals surface area (Å²) in [6.45, 7) is 11.6. The maximum Gasteiger partial charge on any atom is 0.261 e. The number of aromatic nitrogens is 2. The van der Waals surface area contributed by atoms with Crippen LogP contribution in [0.4, 0.5) is 0 Å². The fourth-order valence-electron chi connectivity index (χ4n) is 3.47. The molecule has 156 valence electrons. The van der Waals surface area contributed by atoms with Gasteiger partial charge < -0.3 is 10.2 Å². The van der Waals surface area contributed by atoms with Gasteiger partial charge in [-0.2, -0.15) is 5.10 Å². The Hall–Kier alpha value is -1.89. The fraction of sp³-hybridized carbons (Fsp3) is 0.455. The summed E-state index contributed by atoms with van der Waals surface area (Å²) in [6.07, 6.45) is 2.05. The summed E-state index contributed by atoms with van der Waals surface area (Å²) in [7, 11) is 0. The lowest BCUT2D eigenvalue weighted by molar-refractivity contribution is 0.0941. The number of para-hydroxylation sites is 1. The second kappa shape index (κ2) is 9.74. The minimum atomic E-state index is -0.0216. The van der Waals surface area contributed by atoms with Crippen LogP contribution in [0.3, 0.4) is 0 Å². The zero-order valence-electron chi connectivity index (χ0n) is 17.5. The predicted molar refractivity (Wildman–Crippen MR) is 123 cm³/mol. The quantitative estimate of drug-likeness (QED) is 0.499. The monoisotopic (exact) mass is 432 g/mol. The van der Waals surface area contributed by atoms with E-state index < -0.39 is 0 Å². The number of thiophene rings is 1. The summed E-state index contributed by atoms with van der Waals surface area (Å²) in [5.74, 6) is -0.0216. The molecule has 0 aliphatic rings. The number of nitrogens with one attached hydrogen (secondary N) is 1. The van der Waals surface area contributed by atoms with Crippen LogP contribution in [0, 0.1) is 6.92 Å². The molecule has 7 heteroatoms. The summed E-state index contributed by atoms with van der Waals surface area (Å²) in [5, 5.41) is 9.40. The second-order valence-electron chi connectivity index (χ2n) is 7.32. The van der Waals surface area contributed by atoms with Crippen molar-refractivity contribution in [3.8, 4) is 5.69 Å². The molecule has 0 spiro atoms. The minimum absolute atomic E-state index is 0.0216. The number of fused-ring (bicyclic) bond motifs is 1. The predicted octanol–water partition coefficient (Wildman–Crippen LogP) is 5.29. The Kier molecular flexibility index (Phi) is 7.33. The van der Waals surface area contributed by atoms with E-state index in [2.05, 4.69) is 36.1 Å². The molecule has 3 rings (SSSR count). The summed E-state index contributed by atoms with van der Waals surface area (Å²) in [4.78, 5) is 16.8. The molecular formula is C22H29ClN4OS. The van der Waals surface area contributed by atoms with Crippen LogP contribution in [-0.2, 0) is 0 Å². The first kappa shape index (κ1) is 21.8. The molecule has 0 saturated carbocycles. The van der Waals surface area contributed by atoms with Gasteiger partial charge in [-0.3, -0.25) is 4.79 Å². The molecule has 1 aromatic carbocycles. The highest BCUT2D eigenvalue weighted by Crippen LogP contribution is 2.32. The molecule has 0 aliphatic carbocycles. The Labute approximate surface area is 181 Å². The van der Waals surface area contributed by atoms with Gasteiger partial charge in [0.2, 0.25) is 0 Å². The molecule has 0 aliphatic heterocycles. The number of aryl methyl sites for hydroxylation is 1. The normalized spacial score (nSPS) is 12.6. The molecule has 1 N–H and O–H groups in total. The number of carbonyl (C=O) groups excluding carboxylic acids is 1. The number of hydrogen-bond acceptors (Lipinski definition) is 4. The van der Waals surface area contributed by atoms with Gasteiger partial charge >= 0.3 is 0 Å². The van der Waals surface area contributed by atoms with Crippen LogP contribution in [0.15, 0.2) is 30.3 Å². The van der Waals surface area contributed by atoms with Gasteiger partial charge in [-0.15, -0.1) is 11.3 Å². The molecular weight excluding hydrogens is 404 g/mol.